The number of carbonyl (C=O) groups excluding carboxylic acids is 1. The summed E-state index contributed by atoms with van der Waals surface area (Å²) in [6.07, 6.45) is 0.715. The van der Waals surface area contributed by atoms with Gasteiger partial charge in [0, 0.05) is 24.3 Å². The molecule has 1 aliphatic rings. The summed E-state index contributed by atoms with van der Waals surface area (Å²) in [5, 5.41) is 6.09. The van der Waals surface area contributed by atoms with E-state index in [0.29, 0.717) is 18.5 Å². The molecule has 4 heteroatoms. The number of fused-ring (bicyclic) bond motifs is 1. The maximum atomic E-state index is 13.5. The molecular formula is C17H17FN2O. The largest absolute Gasteiger partial charge is 0.384 e. The van der Waals surface area contributed by atoms with Gasteiger partial charge >= 0.3 is 0 Å². The van der Waals surface area contributed by atoms with Gasteiger partial charge in [-0.25, -0.2) is 4.39 Å². The lowest BCUT2D eigenvalue weighted by molar-refractivity contribution is -0.124. The van der Waals surface area contributed by atoms with Crippen molar-refractivity contribution in [1.29, 1.82) is 0 Å². The fourth-order valence-electron chi connectivity index (χ4n) is 2.60. The summed E-state index contributed by atoms with van der Waals surface area (Å²) in [5.74, 6) is -0.447. The van der Waals surface area contributed by atoms with E-state index in [2.05, 4.69) is 10.6 Å². The van der Waals surface area contributed by atoms with Gasteiger partial charge in [-0.15, -0.1) is 0 Å². The zero-order valence-corrected chi connectivity index (χ0v) is 11.6. The van der Waals surface area contributed by atoms with Gasteiger partial charge in [0.05, 0.1) is 5.92 Å². The number of rotatable bonds is 3. The molecule has 2 N–H and O–H groups in total. The molecular weight excluding hydrogens is 267 g/mol. The number of hydrogen-bond acceptors (Lipinski definition) is 2. The quantitative estimate of drug-likeness (QED) is 0.910. The summed E-state index contributed by atoms with van der Waals surface area (Å²) in [5.41, 5.74) is 2.75. The topological polar surface area (TPSA) is 41.1 Å². The minimum Gasteiger partial charge on any atom is -0.384 e. The molecule has 21 heavy (non-hydrogen) atoms. The Morgan fingerprint density at radius 2 is 1.95 bits per heavy atom. The predicted octanol–water partition coefficient (Wildman–Crippen LogP) is 2.73. The summed E-state index contributed by atoms with van der Waals surface area (Å²) in [6.45, 7) is 0.837. The maximum absolute atomic E-state index is 13.5. The zero-order valence-electron chi connectivity index (χ0n) is 11.6. The van der Waals surface area contributed by atoms with E-state index >= 15 is 0 Å². The Hall–Kier alpha value is -2.36. The highest BCUT2D eigenvalue weighted by molar-refractivity contribution is 5.80. The molecule has 2 aromatic rings. The van der Waals surface area contributed by atoms with Gasteiger partial charge in [-0.3, -0.25) is 4.79 Å². The number of anilines is 1. The number of halogens is 1. The predicted molar refractivity (Wildman–Crippen MR) is 80.4 cm³/mol. The van der Waals surface area contributed by atoms with Crippen molar-refractivity contribution in [2.75, 3.05) is 11.9 Å². The monoisotopic (exact) mass is 284 g/mol. The molecule has 3 rings (SSSR count). The minimum atomic E-state index is -0.287. The normalized spacial score (nSPS) is 16.7. The van der Waals surface area contributed by atoms with Crippen LogP contribution < -0.4 is 10.6 Å². The lowest BCUT2D eigenvalue weighted by atomic mass is 9.93. The Morgan fingerprint density at radius 1 is 1.19 bits per heavy atom. The van der Waals surface area contributed by atoms with Crippen molar-refractivity contribution in [2.24, 2.45) is 5.92 Å². The third-order valence-corrected chi connectivity index (χ3v) is 3.80. The Balaban J connectivity index is 1.61. The first kappa shape index (κ1) is 13.6. The van der Waals surface area contributed by atoms with E-state index < -0.39 is 0 Å². The Bertz CT molecular complexity index is 657. The van der Waals surface area contributed by atoms with Crippen LogP contribution in [0.4, 0.5) is 10.1 Å². The lowest BCUT2D eigenvalue weighted by Gasteiger charge is -2.25. The SMILES string of the molecule is O=C(NCc1ccccc1F)C1CNc2ccccc2C1. The van der Waals surface area contributed by atoms with Crippen LogP contribution in [-0.4, -0.2) is 12.5 Å². The van der Waals surface area contributed by atoms with Crippen LogP contribution in [0.2, 0.25) is 0 Å². The van der Waals surface area contributed by atoms with Crippen molar-refractivity contribution in [3.63, 3.8) is 0 Å². The molecule has 1 amide bonds. The second-order valence-electron chi connectivity index (χ2n) is 5.25. The molecule has 0 spiro atoms. The molecule has 1 aliphatic heterocycles. The van der Waals surface area contributed by atoms with Gasteiger partial charge in [-0.2, -0.15) is 0 Å². The molecule has 0 radical (unpaired) electrons. The van der Waals surface area contributed by atoms with Crippen molar-refractivity contribution in [1.82, 2.24) is 5.32 Å². The Kier molecular flexibility index (Phi) is 3.86. The van der Waals surface area contributed by atoms with Crippen molar-refractivity contribution in [3.8, 4) is 0 Å². The van der Waals surface area contributed by atoms with Crippen molar-refractivity contribution < 1.29 is 9.18 Å². The second kappa shape index (κ2) is 5.95. The number of carbonyl (C=O) groups is 1. The molecule has 0 saturated heterocycles. The van der Waals surface area contributed by atoms with Crippen LogP contribution in [0.15, 0.2) is 48.5 Å². The molecule has 1 heterocycles. The molecule has 0 fully saturated rings. The van der Waals surface area contributed by atoms with Crippen LogP contribution in [0, 0.1) is 11.7 Å². The zero-order chi connectivity index (χ0) is 14.7. The second-order valence-corrected chi connectivity index (χ2v) is 5.25. The molecule has 1 unspecified atom stereocenters. The third kappa shape index (κ3) is 3.05. The van der Waals surface area contributed by atoms with E-state index in [1.165, 1.54) is 6.07 Å². The first-order valence-corrected chi connectivity index (χ1v) is 7.07. The van der Waals surface area contributed by atoms with E-state index in [4.69, 9.17) is 0 Å². The van der Waals surface area contributed by atoms with Crippen LogP contribution in [0.1, 0.15) is 11.1 Å². The molecule has 0 bridgehead atoms. The standard InChI is InChI=1S/C17H17FN2O/c18-15-7-3-1-6-13(15)10-20-17(21)14-9-12-5-2-4-8-16(12)19-11-14/h1-8,14,19H,9-11H2,(H,20,21). The Morgan fingerprint density at radius 3 is 2.81 bits per heavy atom. The summed E-state index contributed by atoms with van der Waals surface area (Å²) in [7, 11) is 0. The van der Waals surface area contributed by atoms with Crippen molar-refractivity contribution in [2.45, 2.75) is 13.0 Å². The number of hydrogen-bond donors (Lipinski definition) is 2. The van der Waals surface area contributed by atoms with E-state index in [1.807, 2.05) is 24.3 Å². The van der Waals surface area contributed by atoms with Crippen LogP contribution in [0.25, 0.3) is 0 Å². The molecule has 0 saturated carbocycles. The van der Waals surface area contributed by atoms with Crippen LogP contribution in [0.5, 0.6) is 0 Å². The average Bonchev–Trinajstić information content (AvgIpc) is 2.53. The van der Waals surface area contributed by atoms with E-state index in [-0.39, 0.29) is 24.2 Å². The fourth-order valence-corrected chi connectivity index (χ4v) is 2.60. The first-order chi connectivity index (χ1) is 10.2. The van der Waals surface area contributed by atoms with Gasteiger partial charge in [-0.1, -0.05) is 36.4 Å². The van der Waals surface area contributed by atoms with Gasteiger partial charge in [0.15, 0.2) is 0 Å². The third-order valence-electron chi connectivity index (χ3n) is 3.80. The van der Waals surface area contributed by atoms with Crippen LogP contribution in [-0.2, 0) is 17.8 Å². The first-order valence-electron chi connectivity index (χ1n) is 7.07. The smallest absolute Gasteiger partial charge is 0.225 e. The fraction of sp³-hybridized carbons (Fsp3) is 0.235. The van der Waals surface area contributed by atoms with Gasteiger partial charge in [0.1, 0.15) is 5.82 Å². The number of para-hydroxylation sites is 1. The molecule has 108 valence electrons. The molecule has 1 atom stereocenters. The maximum Gasteiger partial charge on any atom is 0.225 e. The highest BCUT2D eigenvalue weighted by Crippen LogP contribution is 2.24. The van der Waals surface area contributed by atoms with E-state index in [9.17, 15) is 9.18 Å². The van der Waals surface area contributed by atoms with E-state index in [0.717, 1.165) is 11.3 Å². The summed E-state index contributed by atoms with van der Waals surface area (Å²) in [6, 6.07) is 14.5. The lowest BCUT2D eigenvalue weighted by Crippen LogP contribution is -2.37. The summed E-state index contributed by atoms with van der Waals surface area (Å²) >= 11 is 0. The average molecular weight is 284 g/mol. The summed E-state index contributed by atoms with van der Waals surface area (Å²) in [4.78, 5) is 12.2. The molecule has 0 aliphatic carbocycles. The number of amides is 1. The Labute approximate surface area is 123 Å². The van der Waals surface area contributed by atoms with E-state index in [1.54, 1.807) is 18.2 Å². The van der Waals surface area contributed by atoms with Crippen LogP contribution in [0.3, 0.4) is 0 Å². The number of nitrogens with one attached hydrogen (secondary N) is 2. The number of benzene rings is 2. The van der Waals surface area contributed by atoms with Crippen molar-refractivity contribution >= 4 is 11.6 Å². The minimum absolute atomic E-state index is 0.0414. The molecule has 2 aromatic carbocycles. The highest BCUT2D eigenvalue weighted by atomic mass is 19.1. The highest BCUT2D eigenvalue weighted by Gasteiger charge is 2.24. The molecule has 0 aromatic heterocycles. The van der Waals surface area contributed by atoms with Gasteiger partial charge in [0.25, 0.3) is 0 Å². The summed E-state index contributed by atoms with van der Waals surface area (Å²) < 4.78 is 13.5. The molecule has 3 nitrogen and oxygen atoms in total. The van der Waals surface area contributed by atoms with Crippen LogP contribution >= 0.6 is 0 Å². The van der Waals surface area contributed by atoms with Gasteiger partial charge in [0.2, 0.25) is 5.91 Å². The van der Waals surface area contributed by atoms with Crippen molar-refractivity contribution in [3.05, 3.63) is 65.5 Å². The van der Waals surface area contributed by atoms with Gasteiger partial charge < -0.3 is 10.6 Å². The van der Waals surface area contributed by atoms with Gasteiger partial charge in [-0.05, 0) is 24.1 Å².